The smallest absolute Gasteiger partial charge is 0.0110 e. The van der Waals surface area contributed by atoms with Crippen LogP contribution in [0.25, 0.3) is 0 Å². The second-order valence-electron chi connectivity index (χ2n) is 4.73. The lowest BCUT2D eigenvalue weighted by Crippen LogP contribution is -2.25. The molecule has 0 amide bonds. The summed E-state index contributed by atoms with van der Waals surface area (Å²) in [6.07, 6.45) is 2.36. The standard InChI is InChI=1S/C13H19N/c1-9-3-5-11(6-4-9)8-13(14)12-7-10(12)2/h3-6,10,12-13H,7-8,14H2,1-2H3. The molecule has 2 N–H and O–H groups in total. The van der Waals surface area contributed by atoms with E-state index >= 15 is 0 Å². The van der Waals surface area contributed by atoms with Crippen LogP contribution in [0.15, 0.2) is 24.3 Å². The van der Waals surface area contributed by atoms with E-state index in [0.29, 0.717) is 6.04 Å². The molecule has 0 spiro atoms. The van der Waals surface area contributed by atoms with E-state index in [1.807, 2.05) is 0 Å². The molecule has 1 heteroatoms. The summed E-state index contributed by atoms with van der Waals surface area (Å²) in [6.45, 7) is 4.41. The van der Waals surface area contributed by atoms with Crippen LogP contribution >= 0.6 is 0 Å². The van der Waals surface area contributed by atoms with Gasteiger partial charge in [0.25, 0.3) is 0 Å². The number of hydrogen-bond donors (Lipinski definition) is 1. The summed E-state index contributed by atoms with van der Waals surface area (Å²) in [4.78, 5) is 0. The van der Waals surface area contributed by atoms with Crippen LogP contribution in [0.5, 0.6) is 0 Å². The molecule has 1 aliphatic rings. The van der Waals surface area contributed by atoms with Crippen molar-refractivity contribution in [3.8, 4) is 0 Å². The van der Waals surface area contributed by atoms with Crippen molar-refractivity contribution in [1.82, 2.24) is 0 Å². The first kappa shape index (κ1) is 9.72. The minimum absolute atomic E-state index is 0.368. The Kier molecular flexibility index (Phi) is 2.60. The third-order valence-corrected chi connectivity index (χ3v) is 3.31. The highest BCUT2D eigenvalue weighted by Crippen LogP contribution is 2.40. The van der Waals surface area contributed by atoms with Crippen molar-refractivity contribution in [3.63, 3.8) is 0 Å². The highest BCUT2D eigenvalue weighted by atomic mass is 14.7. The molecular formula is C13H19N. The van der Waals surface area contributed by atoms with Crippen LogP contribution in [-0.4, -0.2) is 6.04 Å². The van der Waals surface area contributed by atoms with E-state index < -0.39 is 0 Å². The fraction of sp³-hybridized carbons (Fsp3) is 0.538. The number of nitrogens with two attached hydrogens (primary N) is 1. The summed E-state index contributed by atoms with van der Waals surface area (Å²) in [5.41, 5.74) is 8.84. The molecule has 0 aromatic heterocycles. The van der Waals surface area contributed by atoms with Gasteiger partial charge < -0.3 is 5.73 Å². The Morgan fingerprint density at radius 2 is 1.93 bits per heavy atom. The van der Waals surface area contributed by atoms with Gasteiger partial charge in [-0.1, -0.05) is 36.8 Å². The molecule has 1 fully saturated rings. The van der Waals surface area contributed by atoms with Crippen molar-refractivity contribution in [3.05, 3.63) is 35.4 Å². The molecule has 3 unspecified atom stereocenters. The Balaban J connectivity index is 1.93. The van der Waals surface area contributed by atoms with Crippen LogP contribution in [0.2, 0.25) is 0 Å². The molecule has 3 atom stereocenters. The maximum Gasteiger partial charge on any atom is 0.0110 e. The molecule has 76 valence electrons. The van der Waals surface area contributed by atoms with Gasteiger partial charge in [-0.2, -0.15) is 0 Å². The van der Waals surface area contributed by atoms with Crippen molar-refractivity contribution in [2.75, 3.05) is 0 Å². The van der Waals surface area contributed by atoms with E-state index in [9.17, 15) is 0 Å². The average Bonchev–Trinajstić information content (AvgIpc) is 2.87. The fourth-order valence-corrected chi connectivity index (χ4v) is 2.10. The van der Waals surface area contributed by atoms with E-state index in [4.69, 9.17) is 5.73 Å². The summed E-state index contributed by atoms with van der Waals surface area (Å²) in [5.74, 6) is 1.63. The van der Waals surface area contributed by atoms with E-state index in [1.54, 1.807) is 0 Å². The van der Waals surface area contributed by atoms with Crippen LogP contribution < -0.4 is 5.73 Å². The van der Waals surface area contributed by atoms with Gasteiger partial charge in [0, 0.05) is 6.04 Å². The Hall–Kier alpha value is -0.820. The lowest BCUT2D eigenvalue weighted by atomic mass is 10.0. The van der Waals surface area contributed by atoms with Crippen LogP contribution in [0.1, 0.15) is 24.5 Å². The molecule has 0 heterocycles. The van der Waals surface area contributed by atoms with Crippen LogP contribution in [0, 0.1) is 18.8 Å². The first-order chi connectivity index (χ1) is 6.66. The molecule has 1 aromatic carbocycles. The zero-order valence-electron chi connectivity index (χ0n) is 9.03. The molecule has 1 aliphatic carbocycles. The lowest BCUT2D eigenvalue weighted by Gasteiger charge is -2.10. The number of aryl methyl sites for hydroxylation is 1. The SMILES string of the molecule is Cc1ccc(CC(N)C2CC2C)cc1. The van der Waals surface area contributed by atoms with Crippen LogP contribution in [0.3, 0.4) is 0 Å². The first-order valence-electron chi connectivity index (χ1n) is 5.48. The van der Waals surface area contributed by atoms with Gasteiger partial charge in [-0.3, -0.25) is 0 Å². The third kappa shape index (κ3) is 2.16. The van der Waals surface area contributed by atoms with E-state index in [1.165, 1.54) is 17.5 Å². The maximum atomic E-state index is 6.14. The molecule has 1 aromatic rings. The summed E-state index contributed by atoms with van der Waals surface area (Å²) in [5, 5.41) is 0. The van der Waals surface area contributed by atoms with Crippen LogP contribution in [0.4, 0.5) is 0 Å². The van der Waals surface area contributed by atoms with Gasteiger partial charge >= 0.3 is 0 Å². The van der Waals surface area contributed by atoms with E-state index in [-0.39, 0.29) is 0 Å². The highest BCUT2D eigenvalue weighted by Gasteiger charge is 2.37. The van der Waals surface area contributed by atoms with Crippen molar-refractivity contribution in [1.29, 1.82) is 0 Å². The third-order valence-electron chi connectivity index (χ3n) is 3.31. The minimum Gasteiger partial charge on any atom is -0.327 e. The molecule has 1 nitrogen and oxygen atoms in total. The minimum atomic E-state index is 0.368. The van der Waals surface area contributed by atoms with Gasteiger partial charge in [0.2, 0.25) is 0 Å². The highest BCUT2D eigenvalue weighted by molar-refractivity contribution is 5.22. The number of hydrogen-bond acceptors (Lipinski definition) is 1. The van der Waals surface area contributed by atoms with Crippen molar-refractivity contribution < 1.29 is 0 Å². The number of benzene rings is 1. The Morgan fingerprint density at radius 1 is 1.36 bits per heavy atom. The summed E-state index contributed by atoms with van der Waals surface area (Å²) >= 11 is 0. The summed E-state index contributed by atoms with van der Waals surface area (Å²) in [6, 6.07) is 9.09. The van der Waals surface area contributed by atoms with Crippen molar-refractivity contribution >= 4 is 0 Å². The monoisotopic (exact) mass is 189 g/mol. The Bertz CT molecular complexity index is 302. The lowest BCUT2D eigenvalue weighted by molar-refractivity contribution is 0.560. The molecule has 14 heavy (non-hydrogen) atoms. The molecule has 0 bridgehead atoms. The second-order valence-corrected chi connectivity index (χ2v) is 4.73. The van der Waals surface area contributed by atoms with Gasteiger partial charge in [-0.05, 0) is 37.2 Å². The van der Waals surface area contributed by atoms with Gasteiger partial charge in [-0.15, -0.1) is 0 Å². The second kappa shape index (κ2) is 3.74. The van der Waals surface area contributed by atoms with Crippen molar-refractivity contribution in [2.45, 2.75) is 32.7 Å². The molecular weight excluding hydrogens is 170 g/mol. The van der Waals surface area contributed by atoms with Gasteiger partial charge in [0.05, 0.1) is 0 Å². The first-order valence-corrected chi connectivity index (χ1v) is 5.48. The molecule has 0 saturated heterocycles. The Labute approximate surface area is 86.3 Å². The maximum absolute atomic E-state index is 6.14. The molecule has 0 radical (unpaired) electrons. The Morgan fingerprint density at radius 3 is 2.43 bits per heavy atom. The van der Waals surface area contributed by atoms with E-state index in [0.717, 1.165) is 18.3 Å². The van der Waals surface area contributed by atoms with Gasteiger partial charge in [0.1, 0.15) is 0 Å². The topological polar surface area (TPSA) is 26.0 Å². The molecule has 1 saturated carbocycles. The molecule has 2 rings (SSSR count). The summed E-state index contributed by atoms with van der Waals surface area (Å²) < 4.78 is 0. The van der Waals surface area contributed by atoms with Crippen molar-refractivity contribution in [2.24, 2.45) is 17.6 Å². The fourth-order valence-electron chi connectivity index (χ4n) is 2.10. The van der Waals surface area contributed by atoms with Crippen LogP contribution in [-0.2, 0) is 6.42 Å². The van der Waals surface area contributed by atoms with Gasteiger partial charge in [0.15, 0.2) is 0 Å². The normalized spacial score (nSPS) is 27.4. The zero-order chi connectivity index (χ0) is 10.1. The number of rotatable bonds is 3. The van der Waals surface area contributed by atoms with E-state index in [2.05, 4.69) is 38.1 Å². The summed E-state index contributed by atoms with van der Waals surface area (Å²) in [7, 11) is 0. The quantitative estimate of drug-likeness (QED) is 0.777. The van der Waals surface area contributed by atoms with Gasteiger partial charge in [-0.25, -0.2) is 0 Å². The predicted octanol–water partition coefficient (Wildman–Crippen LogP) is 2.52. The predicted molar refractivity (Wildman–Crippen MR) is 60.1 cm³/mol. The zero-order valence-corrected chi connectivity index (χ0v) is 9.03. The molecule has 0 aliphatic heterocycles. The largest absolute Gasteiger partial charge is 0.327 e. The average molecular weight is 189 g/mol.